The fraction of sp³-hybridized carbons (Fsp3) is 0.923. The maximum absolute atomic E-state index is 8.97. The van der Waals surface area contributed by atoms with Gasteiger partial charge >= 0.3 is 0 Å². The fourth-order valence-corrected chi connectivity index (χ4v) is 1.90. The van der Waals surface area contributed by atoms with E-state index in [-0.39, 0.29) is 0 Å². The van der Waals surface area contributed by atoms with Gasteiger partial charge in [0.2, 0.25) is 0 Å². The minimum atomic E-state index is -0.607. The molecular weight excluding hydrogens is 198 g/mol. The molecule has 1 unspecified atom stereocenters. The summed E-state index contributed by atoms with van der Waals surface area (Å²) in [6, 6.07) is 2.23. The van der Waals surface area contributed by atoms with Gasteiger partial charge in [0.15, 0.2) is 0 Å². The van der Waals surface area contributed by atoms with E-state index in [1.54, 1.807) is 0 Å². The van der Waals surface area contributed by atoms with Crippen LogP contribution in [0.5, 0.6) is 0 Å². The van der Waals surface area contributed by atoms with Crippen molar-refractivity contribution in [3.63, 3.8) is 0 Å². The van der Waals surface area contributed by atoms with Crippen LogP contribution in [0.4, 0.5) is 0 Å². The van der Waals surface area contributed by atoms with E-state index in [4.69, 9.17) is 11.0 Å². The smallest absolute Gasteiger partial charge is 0.104 e. The summed E-state index contributed by atoms with van der Waals surface area (Å²) >= 11 is 0. The van der Waals surface area contributed by atoms with Crippen LogP contribution < -0.4 is 5.73 Å². The molecule has 0 aliphatic heterocycles. The standard InChI is InChI=1S/C13H27N3/c1-4-9-16(10-5-2)11-7-8-13(15,6-3)12-14/h4-11,15H2,1-3H3. The summed E-state index contributed by atoms with van der Waals surface area (Å²) in [6.07, 6.45) is 4.96. The Morgan fingerprint density at radius 3 is 2.06 bits per heavy atom. The van der Waals surface area contributed by atoms with Gasteiger partial charge < -0.3 is 10.6 Å². The molecule has 0 amide bonds. The van der Waals surface area contributed by atoms with Crippen molar-refractivity contribution in [2.24, 2.45) is 5.73 Å². The number of nitriles is 1. The van der Waals surface area contributed by atoms with Crippen molar-refractivity contribution in [3.8, 4) is 6.07 Å². The number of hydrogen-bond acceptors (Lipinski definition) is 3. The van der Waals surface area contributed by atoms with E-state index < -0.39 is 5.54 Å². The number of nitrogens with zero attached hydrogens (tertiary/aromatic N) is 2. The Kier molecular flexibility index (Phi) is 8.23. The van der Waals surface area contributed by atoms with Gasteiger partial charge in [-0.2, -0.15) is 5.26 Å². The minimum Gasteiger partial charge on any atom is -0.313 e. The molecule has 2 N–H and O–H groups in total. The third-order valence-electron chi connectivity index (χ3n) is 3.03. The highest BCUT2D eigenvalue weighted by molar-refractivity contribution is 5.03. The maximum atomic E-state index is 8.97. The van der Waals surface area contributed by atoms with E-state index in [0.717, 1.165) is 38.9 Å². The van der Waals surface area contributed by atoms with Crippen molar-refractivity contribution in [1.82, 2.24) is 4.90 Å². The lowest BCUT2D eigenvalue weighted by Crippen LogP contribution is -2.38. The molecule has 94 valence electrons. The molecule has 0 aromatic rings. The minimum absolute atomic E-state index is 0.607. The van der Waals surface area contributed by atoms with Gasteiger partial charge in [0, 0.05) is 0 Å². The maximum Gasteiger partial charge on any atom is 0.104 e. The lowest BCUT2D eigenvalue weighted by atomic mass is 9.93. The molecule has 3 nitrogen and oxygen atoms in total. The normalized spacial score (nSPS) is 14.8. The molecule has 0 saturated heterocycles. The Labute approximate surface area is 101 Å². The van der Waals surface area contributed by atoms with Crippen LogP contribution in [-0.2, 0) is 0 Å². The molecule has 0 aromatic heterocycles. The van der Waals surface area contributed by atoms with Crippen molar-refractivity contribution >= 4 is 0 Å². The van der Waals surface area contributed by atoms with Crippen molar-refractivity contribution in [1.29, 1.82) is 5.26 Å². The lowest BCUT2D eigenvalue weighted by Gasteiger charge is -2.24. The summed E-state index contributed by atoms with van der Waals surface area (Å²) in [4.78, 5) is 2.47. The average Bonchev–Trinajstić information content (AvgIpc) is 2.29. The summed E-state index contributed by atoms with van der Waals surface area (Å²) in [5.41, 5.74) is 5.34. The van der Waals surface area contributed by atoms with Gasteiger partial charge in [0.05, 0.1) is 6.07 Å². The van der Waals surface area contributed by atoms with Crippen molar-refractivity contribution in [2.45, 2.75) is 58.4 Å². The van der Waals surface area contributed by atoms with Crippen molar-refractivity contribution in [2.75, 3.05) is 19.6 Å². The van der Waals surface area contributed by atoms with E-state index >= 15 is 0 Å². The second-order valence-corrected chi connectivity index (χ2v) is 4.57. The average molecular weight is 225 g/mol. The summed E-state index contributed by atoms with van der Waals surface area (Å²) in [5, 5.41) is 8.97. The van der Waals surface area contributed by atoms with Crippen LogP contribution in [0.2, 0.25) is 0 Å². The molecule has 0 fully saturated rings. The van der Waals surface area contributed by atoms with Crippen molar-refractivity contribution < 1.29 is 0 Å². The lowest BCUT2D eigenvalue weighted by molar-refractivity contribution is 0.261. The molecule has 0 aliphatic carbocycles. The van der Waals surface area contributed by atoms with Gasteiger partial charge in [-0.15, -0.1) is 0 Å². The largest absolute Gasteiger partial charge is 0.313 e. The molecule has 0 aromatic carbocycles. The van der Waals surface area contributed by atoms with E-state index in [1.165, 1.54) is 12.8 Å². The van der Waals surface area contributed by atoms with E-state index in [0.29, 0.717) is 0 Å². The van der Waals surface area contributed by atoms with Crippen LogP contribution in [0.15, 0.2) is 0 Å². The van der Waals surface area contributed by atoms with Crippen molar-refractivity contribution in [3.05, 3.63) is 0 Å². The first kappa shape index (κ1) is 15.4. The van der Waals surface area contributed by atoms with Gasteiger partial charge in [0.25, 0.3) is 0 Å². The molecule has 0 saturated carbocycles. The Bertz CT molecular complexity index is 204. The molecular formula is C13H27N3. The van der Waals surface area contributed by atoms with E-state index in [9.17, 15) is 0 Å². The Balaban J connectivity index is 3.89. The highest BCUT2D eigenvalue weighted by Crippen LogP contribution is 2.13. The predicted octanol–water partition coefficient (Wildman–Crippen LogP) is 2.52. The Hall–Kier alpha value is -0.590. The van der Waals surface area contributed by atoms with E-state index in [1.807, 2.05) is 6.92 Å². The SMILES string of the molecule is CCCN(CCC)CCCC(N)(C#N)CC. The van der Waals surface area contributed by atoms with Gasteiger partial charge in [-0.25, -0.2) is 0 Å². The summed E-state index contributed by atoms with van der Waals surface area (Å²) in [5.74, 6) is 0. The number of hydrogen-bond donors (Lipinski definition) is 1. The molecule has 0 radical (unpaired) electrons. The monoisotopic (exact) mass is 225 g/mol. The summed E-state index contributed by atoms with van der Waals surface area (Å²) in [6.45, 7) is 9.78. The van der Waals surface area contributed by atoms with Gasteiger partial charge in [-0.3, -0.25) is 0 Å². The Morgan fingerprint density at radius 1 is 1.12 bits per heavy atom. The number of nitrogens with two attached hydrogens (primary N) is 1. The van der Waals surface area contributed by atoms with Crippen LogP contribution in [0.1, 0.15) is 52.9 Å². The zero-order valence-corrected chi connectivity index (χ0v) is 11.1. The van der Waals surface area contributed by atoms with Crippen LogP contribution in [0, 0.1) is 11.3 Å². The van der Waals surface area contributed by atoms with Crippen LogP contribution in [-0.4, -0.2) is 30.1 Å². The molecule has 1 atom stereocenters. The molecule has 0 spiro atoms. The molecule has 16 heavy (non-hydrogen) atoms. The summed E-state index contributed by atoms with van der Waals surface area (Å²) in [7, 11) is 0. The van der Waals surface area contributed by atoms with Gasteiger partial charge in [0.1, 0.15) is 5.54 Å². The van der Waals surface area contributed by atoms with Crippen LogP contribution >= 0.6 is 0 Å². The third kappa shape index (κ3) is 6.09. The van der Waals surface area contributed by atoms with Gasteiger partial charge in [-0.1, -0.05) is 20.8 Å². The summed E-state index contributed by atoms with van der Waals surface area (Å²) < 4.78 is 0. The van der Waals surface area contributed by atoms with E-state index in [2.05, 4.69) is 24.8 Å². The highest BCUT2D eigenvalue weighted by atomic mass is 15.1. The molecule has 0 heterocycles. The molecule has 0 rings (SSSR count). The van der Waals surface area contributed by atoms with Crippen LogP contribution in [0.25, 0.3) is 0 Å². The number of rotatable bonds is 9. The second kappa shape index (κ2) is 8.55. The van der Waals surface area contributed by atoms with Gasteiger partial charge in [-0.05, 0) is 51.7 Å². The highest BCUT2D eigenvalue weighted by Gasteiger charge is 2.21. The molecule has 0 bridgehead atoms. The molecule has 0 aliphatic rings. The first-order valence-corrected chi connectivity index (χ1v) is 6.54. The fourth-order valence-electron chi connectivity index (χ4n) is 1.90. The second-order valence-electron chi connectivity index (χ2n) is 4.57. The first-order chi connectivity index (χ1) is 7.61. The molecule has 3 heteroatoms. The third-order valence-corrected chi connectivity index (χ3v) is 3.03. The Morgan fingerprint density at radius 2 is 1.69 bits per heavy atom. The quantitative estimate of drug-likeness (QED) is 0.656. The predicted molar refractivity (Wildman–Crippen MR) is 69.1 cm³/mol. The zero-order chi connectivity index (χ0) is 12.4. The van der Waals surface area contributed by atoms with Crippen LogP contribution in [0.3, 0.4) is 0 Å². The zero-order valence-electron chi connectivity index (χ0n) is 11.1. The topological polar surface area (TPSA) is 53.0 Å². The first-order valence-electron chi connectivity index (χ1n) is 6.54.